The molecular formula is C58H103NO5. The smallest absolute Gasteiger partial charge is 0.306 e. The van der Waals surface area contributed by atoms with E-state index in [2.05, 4.69) is 99.0 Å². The van der Waals surface area contributed by atoms with E-state index in [0.717, 1.165) is 77.0 Å². The number of hydrogen-bond acceptors (Lipinski definition) is 5. The zero-order valence-corrected chi connectivity index (χ0v) is 42.1. The number of ether oxygens (including phenoxy) is 1. The monoisotopic (exact) mass is 894 g/mol. The number of rotatable bonds is 48. The fourth-order valence-corrected chi connectivity index (χ4v) is 7.86. The van der Waals surface area contributed by atoms with Gasteiger partial charge in [-0.25, -0.2) is 0 Å². The van der Waals surface area contributed by atoms with Crippen LogP contribution in [0, 0.1) is 0 Å². The van der Waals surface area contributed by atoms with Crippen molar-refractivity contribution in [3.8, 4) is 0 Å². The van der Waals surface area contributed by atoms with Gasteiger partial charge in [0, 0.05) is 6.42 Å². The highest BCUT2D eigenvalue weighted by atomic mass is 16.5. The number of aliphatic hydroxyl groups is 2. The summed E-state index contributed by atoms with van der Waals surface area (Å²) < 4.78 is 5.92. The van der Waals surface area contributed by atoms with E-state index in [4.69, 9.17) is 4.74 Å². The van der Waals surface area contributed by atoms with Crippen LogP contribution in [0.1, 0.15) is 258 Å². The number of carbonyl (C=O) groups excluding carboxylic acids is 2. The highest BCUT2D eigenvalue weighted by molar-refractivity contribution is 5.77. The Balaban J connectivity index is 4.69. The highest BCUT2D eigenvalue weighted by Gasteiger charge is 2.24. The maximum atomic E-state index is 13.2. The second-order valence-corrected chi connectivity index (χ2v) is 18.3. The van der Waals surface area contributed by atoms with Gasteiger partial charge in [-0.15, -0.1) is 0 Å². The number of aliphatic hydroxyl groups excluding tert-OH is 2. The van der Waals surface area contributed by atoms with Crippen LogP contribution in [0.3, 0.4) is 0 Å². The zero-order chi connectivity index (χ0) is 46.7. The molecule has 0 radical (unpaired) electrons. The summed E-state index contributed by atoms with van der Waals surface area (Å²) in [6.07, 6.45) is 65.3. The Bertz CT molecular complexity index is 1190. The lowest BCUT2D eigenvalue weighted by atomic mass is 10.0. The largest absolute Gasteiger partial charge is 0.462 e. The normalized spacial score (nSPS) is 13.8. The summed E-state index contributed by atoms with van der Waals surface area (Å²) in [7, 11) is 0. The third kappa shape index (κ3) is 45.9. The van der Waals surface area contributed by atoms with Crippen LogP contribution < -0.4 is 5.32 Å². The Hall–Kier alpha value is -2.70. The second kappa shape index (κ2) is 51.3. The van der Waals surface area contributed by atoms with Crippen molar-refractivity contribution in [2.45, 2.75) is 277 Å². The Kier molecular flexibility index (Phi) is 49.1. The summed E-state index contributed by atoms with van der Waals surface area (Å²) in [4.78, 5) is 26.2. The van der Waals surface area contributed by atoms with Gasteiger partial charge < -0.3 is 20.3 Å². The standard InChI is InChI=1S/C58H103NO5/c1-4-7-10-13-16-19-22-24-26-28-30-32-35-37-40-43-46-49-54(52-57(62)59-55(53-60)56(61)50-47-44-41-38-34-21-18-15-12-9-6-3)64-58(63)51-48-45-42-39-36-33-31-29-27-25-23-20-17-14-11-8-5-2/h16-17,19-20,24-27,31,33,39,42,54-56,60-61H,4-15,18,21-23,28-30,32,34-38,40-41,43-53H2,1-3H3,(H,59,62)/b19-16-,20-17-,26-24-,27-25-,33-31-,42-39-. The Morgan fingerprint density at radius 2 is 0.797 bits per heavy atom. The molecule has 0 fully saturated rings. The summed E-state index contributed by atoms with van der Waals surface area (Å²) in [6, 6.07) is -0.718. The molecule has 3 atom stereocenters. The SMILES string of the molecule is CCCCC/C=C\C/C=C\C/C=C\C/C=C\CCCC(=O)OC(CCCCCCCCC/C=C\C/C=C\CCCCC)CC(=O)NC(CO)C(O)CCCCCCCCCCCCC. The number of hydrogen-bond donors (Lipinski definition) is 3. The molecule has 3 N–H and O–H groups in total. The summed E-state index contributed by atoms with van der Waals surface area (Å²) >= 11 is 0. The fourth-order valence-electron chi connectivity index (χ4n) is 7.86. The molecular weight excluding hydrogens is 791 g/mol. The topological polar surface area (TPSA) is 95.9 Å². The summed E-state index contributed by atoms with van der Waals surface area (Å²) in [5, 5.41) is 23.8. The van der Waals surface area contributed by atoms with E-state index in [0.29, 0.717) is 25.7 Å². The predicted molar refractivity (Wildman–Crippen MR) is 278 cm³/mol. The van der Waals surface area contributed by atoms with Crippen molar-refractivity contribution in [3.63, 3.8) is 0 Å². The number of carbonyl (C=O) groups is 2. The molecule has 0 aliphatic rings. The van der Waals surface area contributed by atoms with Crippen LogP contribution in [0.2, 0.25) is 0 Å². The van der Waals surface area contributed by atoms with Crippen molar-refractivity contribution >= 4 is 11.9 Å². The van der Waals surface area contributed by atoms with Crippen molar-refractivity contribution in [1.29, 1.82) is 0 Å². The van der Waals surface area contributed by atoms with E-state index in [1.807, 2.05) is 0 Å². The third-order valence-corrected chi connectivity index (χ3v) is 12.0. The van der Waals surface area contributed by atoms with Gasteiger partial charge in [0.25, 0.3) is 0 Å². The molecule has 370 valence electrons. The first-order valence-electron chi connectivity index (χ1n) is 27.2. The highest BCUT2D eigenvalue weighted by Crippen LogP contribution is 2.17. The summed E-state index contributed by atoms with van der Waals surface area (Å²) in [5.74, 6) is -0.547. The first-order valence-corrected chi connectivity index (χ1v) is 27.2. The van der Waals surface area contributed by atoms with Crippen LogP contribution >= 0.6 is 0 Å². The number of allylic oxidation sites excluding steroid dienone is 12. The van der Waals surface area contributed by atoms with E-state index in [1.54, 1.807) is 0 Å². The van der Waals surface area contributed by atoms with E-state index < -0.39 is 18.2 Å². The van der Waals surface area contributed by atoms with Gasteiger partial charge in [-0.3, -0.25) is 9.59 Å². The van der Waals surface area contributed by atoms with Gasteiger partial charge in [0.15, 0.2) is 0 Å². The molecule has 0 heterocycles. The van der Waals surface area contributed by atoms with Gasteiger partial charge in [-0.2, -0.15) is 0 Å². The molecule has 0 aliphatic heterocycles. The minimum Gasteiger partial charge on any atom is -0.462 e. The van der Waals surface area contributed by atoms with Crippen LogP contribution in [0.5, 0.6) is 0 Å². The first-order chi connectivity index (χ1) is 31.5. The molecule has 0 aromatic carbocycles. The summed E-state index contributed by atoms with van der Waals surface area (Å²) in [5.41, 5.74) is 0. The van der Waals surface area contributed by atoms with E-state index in [-0.39, 0.29) is 24.9 Å². The quantitative estimate of drug-likeness (QED) is 0.0321. The molecule has 6 heteroatoms. The van der Waals surface area contributed by atoms with Gasteiger partial charge in [0.2, 0.25) is 5.91 Å². The van der Waals surface area contributed by atoms with Crippen molar-refractivity contribution in [1.82, 2.24) is 5.32 Å². The minimum atomic E-state index is -0.801. The third-order valence-electron chi connectivity index (χ3n) is 12.0. The number of unbranched alkanes of at least 4 members (excludes halogenated alkanes) is 24. The number of esters is 1. The second-order valence-electron chi connectivity index (χ2n) is 18.3. The van der Waals surface area contributed by atoms with Crippen molar-refractivity contribution in [2.24, 2.45) is 0 Å². The molecule has 0 spiro atoms. The van der Waals surface area contributed by atoms with Gasteiger partial charge >= 0.3 is 5.97 Å². The Morgan fingerprint density at radius 3 is 1.23 bits per heavy atom. The predicted octanol–water partition coefficient (Wildman–Crippen LogP) is 16.6. The summed E-state index contributed by atoms with van der Waals surface area (Å²) in [6.45, 7) is 6.42. The zero-order valence-electron chi connectivity index (χ0n) is 42.1. The molecule has 0 saturated carbocycles. The van der Waals surface area contributed by atoms with Gasteiger partial charge in [-0.1, -0.05) is 222 Å². The molecule has 6 nitrogen and oxygen atoms in total. The molecule has 0 aliphatic carbocycles. The molecule has 0 aromatic heterocycles. The van der Waals surface area contributed by atoms with E-state index in [1.165, 1.54) is 128 Å². The van der Waals surface area contributed by atoms with Crippen LogP contribution in [0.15, 0.2) is 72.9 Å². The molecule has 64 heavy (non-hydrogen) atoms. The van der Waals surface area contributed by atoms with Crippen LogP contribution in [0.25, 0.3) is 0 Å². The Labute approximate surface area is 396 Å². The van der Waals surface area contributed by atoms with Gasteiger partial charge in [0.05, 0.1) is 25.2 Å². The molecule has 3 unspecified atom stereocenters. The van der Waals surface area contributed by atoms with Crippen LogP contribution in [0.4, 0.5) is 0 Å². The molecule has 0 rings (SSSR count). The lowest BCUT2D eigenvalue weighted by Gasteiger charge is -2.24. The average Bonchev–Trinajstić information content (AvgIpc) is 3.29. The molecule has 0 saturated heterocycles. The first kappa shape index (κ1) is 61.3. The fraction of sp³-hybridized carbons (Fsp3) is 0.759. The molecule has 1 amide bonds. The van der Waals surface area contributed by atoms with Crippen LogP contribution in [-0.4, -0.2) is 46.9 Å². The minimum absolute atomic E-state index is 0.0484. The van der Waals surface area contributed by atoms with Gasteiger partial charge in [0.1, 0.15) is 6.10 Å². The molecule has 0 aromatic rings. The van der Waals surface area contributed by atoms with Crippen molar-refractivity contribution < 1.29 is 24.5 Å². The maximum absolute atomic E-state index is 13.2. The van der Waals surface area contributed by atoms with Crippen LogP contribution in [-0.2, 0) is 14.3 Å². The maximum Gasteiger partial charge on any atom is 0.306 e. The lowest BCUT2D eigenvalue weighted by Crippen LogP contribution is -2.46. The van der Waals surface area contributed by atoms with E-state index in [9.17, 15) is 19.8 Å². The van der Waals surface area contributed by atoms with E-state index >= 15 is 0 Å². The van der Waals surface area contributed by atoms with Crippen molar-refractivity contribution in [2.75, 3.05) is 6.61 Å². The van der Waals surface area contributed by atoms with Gasteiger partial charge in [-0.05, 0) is 96.3 Å². The molecule has 0 bridgehead atoms. The lowest BCUT2D eigenvalue weighted by molar-refractivity contribution is -0.151. The van der Waals surface area contributed by atoms with Crippen molar-refractivity contribution in [3.05, 3.63) is 72.9 Å². The Morgan fingerprint density at radius 1 is 0.453 bits per heavy atom. The number of amides is 1. The number of nitrogens with one attached hydrogen (secondary N) is 1. The average molecular weight is 894 g/mol.